The topological polar surface area (TPSA) is 133 Å². The number of nitrogens with zero attached hydrogens (tertiary/aromatic N) is 3. The van der Waals surface area contributed by atoms with Gasteiger partial charge in [-0.1, -0.05) is 29.8 Å². The number of nitro benzene ring substituents is 2. The van der Waals surface area contributed by atoms with Crippen LogP contribution < -0.4 is 4.47 Å². The Morgan fingerprint density at radius 1 is 1.04 bits per heavy atom. The lowest BCUT2D eigenvalue weighted by Crippen LogP contribution is -2.30. The highest BCUT2D eigenvalue weighted by Crippen LogP contribution is 2.40. The SMILES string of the molecule is CON(c1ccccc1)S(=O)(=O)c1ccc([N+](=O)[O-])c([N+](=O)[O-])c1Cl. The van der Waals surface area contributed by atoms with E-state index in [9.17, 15) is 28.6 Å². The van der Waals surface area contributed by atoms with Crippen LogP contribution in [0.15, 0.2) is 47.4 Å². The number of halogens is 1. The Balaban J connectivity index is 2.70. The molecular weight excluding hydrogens is 378 g/mol. The highest BCUT2D eigenvalue weighted by atomic mass is 35.5. The van der Waals surface area contributed by atoms with Crippen LogP contribution in [0.1, 0.15) is 0 Å². The molecule has 2 aromatic rings. The number of hydrogen-bond acceptors (Lipinski definition) is 7. The van der Waals surface area contributed by atoms with Crippen LogP contribution in [-0.4, -0.2) is 25.4 Å². The molecule has 2 aromatic carbocycles. The van der Waals surface area contributed by atoms with Gasteiger partial charge in [-0.15, -0.1) is 4.47 Å². The summed E-state index contributed by atoms with van der Waals surface area (Å²) < 4.78 is 26.0. The molecule has 0 saturated carbocycles. The third-order valence-corrected chi connectivity index (χ3v) is 5.25. The summed E-state index contributed by atoms with van der Waals surface area (Å²) in [5, 5.41) is 21.1. The van der Waals surface area contributed by atoms with E-state index < -0.39 is 41.2 Å². The van der Waals surface area contributed by atoms with Crippen molar-refractivity contribution in [2.75, 3.05) is 11.6 Å². The van der Waals surface area contributed by atoms with Gasteiger partial charge in [0, 0.05) is 6.07 Å². The van der Waals surface area contributed by atoms with E-state index in [0.29, 0.717) is 10.5 Å². The van der Waals surface area contributed by atoms with Gasteiger partial charge < -0.3 is 0 Å². The number of sulfonamides is 1. The minimum Gasteiger partial charge on any atom is -0.262 e. The van der Waals surface area contributed by atoms with E-state index in [0.717, 1.165) is 13.2 Å². The molecule has 0 atom stereocenters. The highest BCUT2D eigenvalue weighted by molar-refractivity contribution is 7.92. The van der Waals surface area contributed by atoms with E-state index in [-0.39, 0.29) is 5.69 Å². The molecule has 0 saturated heterocycles. The maximum atomic E-state index is 12.8. The molecule has 0 aliphatic carbocycles. The van der Waals surface area contributed by atoms with Crippen molar-refractivity contribution in [3.8, 4) is 0 Å². The Kier molecular flexibility index (Phi) is 5.21. The predicted molar refractivity (Wildman–Crippen MR) is 87.9 cm³/mol. The van der Waals surface area contributed by atoms with Gasteiger partial charge in [-0.2, -0.15) is 8.42 Å². The first kappa shape index (κ1) is 18.6. The van der Waals surface area contributed by atoms with Gasteiger partial charge in [-0.05, 0) is 18.2 Å². The Morgan fingerprint density at radius 2 is 1.64 bits per heavy atom. The molecule has 2 rings (SSSR count). The van der Waals surface area contributed by atoms with Gasteiger partial charge in [-0.3, -0.25) is 25.1 Å². The van der Waals surface area contributed by atoms with Crippen molar-refractivity contribution in [3.05, 3.63) is 67.7 Å². The molecule has 0 spiro atoms. The fraction of sp³-hybridized carbons (Fsp3) is 0.0769. The Morgan fingerprint density at radius 3 is 2.12 bits per heavy atom. The van der Waals surface area contributed by atoms with Crippen LogP contribution in [0.2, 0.25) is 5.02 Å². The summed E-state index contributed by atoms with van der Waals surface area (Å²) in [6.07, 6.45) is 0. The molecule has 0 unspecified atom stereocenters. The van der Waals surface area contributed by atoms with Crippen LogP contribution in [0.25, 0.3) is 0 Å². The second kappa shape index (κ2) is 7.01. The summed E-state index contributed by atoms with van der Waals surface area (Å²) in [6.45, 7) is 0. The molecule has 132 valence electrons. The Bertz CT molecular complexity index is 934. The summed E-state index contributed by atoms with van der Waals surface area (Å²) in [5.74, 6) is 0. The predicted octanol–water partition coefficient (Wildman–Crippen LogP) is 2.91. The second-order valence-corrected chi connectivity index (χ2v) is 6.61. The van der Waals surface area contributed by atoms with Crippen LogP contribution in [0, 0.1) is 20.2 Å². The van der Waals surface area contributed by atoms with Crippen LogP contribution in [0.4, 0.5) is 17.1 Å². The zero-order valence-electron chi connectivity index (χ0n) is 12.5. The van der Waals surface area contributed by atoms with Crippen LogP contribution in [-0.2, 0) is 14.9 Å². The maximum absolute atomic E-state index is 12.8. The summed E-state index contributed by atoms with van der Waals surface area (Å²) in [7, 11) is -3.40. The maximum Gasteiger partial charge on any atom is 0.365 e. The first-order valence-electron chi connectivity index (χ1n) is 6.47. The largest absolute Gasteiger partial charge is 0.365 e. The van der Waals surface area contributed by atoms with Gasteiger partial charge in [0.1, 0.15) is 9.92 Å². The molecule has 0 amide bonds. The minimum atomic E-state index is -4.48. The van der Waals surface area contributed by atoms with Crippen LogP contribution in [0.5, 0.6) is 0 Å². The lowest BCUT2D eigenvalue weighted by Gasteiger charge is -2.21. The van der Waals surface area contributed by atoms with Gasteiger partial charge in [-0.25, -0.2) is 0 Å². The molecule has 0 aliphatic heterocycles. The van der Waals surface area contributed by atoms with Crippen molar-refractivity contribution in [1.29, 1.82) is 0 Å². The zero-order chi connectivity index (χ0) is 18.8. The summed E-state index contributed by atoms with van der Waals surface area (Å²) in [6, 6.07) is 9.12. The lowest BCUT2D eigenvalue weighted by atomic mass is 10.3. The molecule has 0 N–H and O–H groups in total. The smallest absolute Gasteiger partial charge is 0.262 e. The molecule has 0 bridgehead atoms. The first-order valence-corrected chi connectivity index (χ1v) is 8.29. The number of nitro groups is 2. The molecular formula is C13H10ClN3O7S. The van der Waals surface area contributed by atoms with Crippen molar-refractivity contribution in [2.45, 2.75) is 4.90 Å². The van der Waals surface area contributed by atoms with Crippen molar-refractivity contribution < 1.29 is 23.1 Å². The number of para-hydroxylation sites is 1. The summed E-state index contributed by atoms with van der Waals surface area (Å²) >= 11 is 5.82. The van der Waals surface area contributed by atoms with E-state index >= 15 is 0 Å². The van der Waals surface area contributed by atoms with Gasteiger partial charge in [0.05, 0.1) is 22.6 Å². The van der Waals surface area contributed by atoms with Gasteiger partial charge in [0.2, 0.25) is 0 Å². The van der Waals surface area contributed by atoms with E-state index in [2.05, 4.69) is 0 Å². The van der Waals surface area contributed by atoms with Gasteiger partial charge in [0.25, 0.3) is 10.0 Å². The fourth-order valence-corrected chi connectivity index (χ4v) is 3.90. The molecule has 25 heavy (non-hydrogen) atoms. The van der Waals surface area contributed by atoms with Crippen molar-refractivity contribution in [2.24, 2.45) is 0 Å². The molecule has 12 heteroatoms. The van der Waals surface area contributed by atoms with Crippen LogP contribution in [0.3, 0.4) is 0 Å². The fourth-order valence-electron chi connectivity index (χ4n) is 2.04. The van der Waals surface area contributed by atoms with Crippen molar-refractivity contribution >= 4 is 38.7 Å². The first-order chi connectivity index (χ1) is 11.7. The quantitative estimate of drug-likeness (QED) is 0.549. The number of benzene rings is 2. The third kappa shape index (κ3) is 3.38. The standard InChI is InChI=1S/C13H10ClN3O7S/c1-24-17(9-5-3-2-4-6-9)25(22,23)11-8-7-10(15(18)19)13(12(11)14)16(20)21/h2-8H,1H3. The summed E-state index contributed by atoms with van der Waals surface area (Å²) in [4.78, 5) is 24.1. The van der Waals surface area contributed by atoms with E-state index in [1.54, 1.807) is 18.2 Å². The van der Waals surface area contributed by atoms with E-state index in [1.807, 2.05) is 0 Å². The average Bonchev–Trinajstić information content (AvgIpc) is 2.55. The molecule has 0 aromatic heterocycles. The molecule has 0 heterocycles. The lowest BCUT2D eigenvalue weighted by molar-refractivity contribution is -0.422. The third-order valence-electron chi connectivity index (χ3n) is 3.07. The van der Waals surface area contributed by atoms with E-state index in [4.69, 9.17) is 16.4 Å². The molecule has 0 fully saturated rings. The zero-order valence-corrected chi connectivity index (χ0v) is 14.1. The second-order valence-electron chi connectivity index (χ2n) is 4.51. The monoisotopic (exact) mass is 387 g/mol. The number of hydrogen-bond donors (Lipinski definition) is 0. The van der Waals surface area contributed by atoms with Gasteiger partial charge in [0.15, 0.2) is 0 Å². The molecule has 10 nitrogen and oxygen atoms in total. The Labute approximate surface area is 146 Å². The van der Waals surface area contributed by atoms with Crippen molar-refractivity contribution in [1.82, 2.24) is 0 Å². The summed E-state index contributed by atoms with van der Waals surface area (Å²) in [5.41, 5.74) is -1.92. The van der Waals surface area contributed by atoms with Crippen LogP contribution >= 0.6 is 11.6 Å². The van der Waals surface area contributed by atoms with Gasteiger partial charge >= 0.3 is 11.4 Å². The highest BCUT2D eigenvalue weighted by Gasteiger charge is 2.36. The molecule has 0 aliphatic rings. The van der Waals surface area contributed by atoms with Crippen molar-refractivity contribution in [3.63, 3.8) is 0 Å². The average molecular weight is 388 g/mol. The normalized spacial score (nSPS) is 11.1. The van der Waals surface area contributed by atoms with E-state index in [1.165, 1.54) is 12.1 Å². The molecule has 0 radical (unpaired) electrons. The number of rotatable bonds is 6. The minimum absolute atomic E-state index is 0.113. The Hall–Kier alpha value is -2.76. The number of anilines is 1.